The molecule has 2 heterocycles. The first-order chi connectivity index (χ1) is 9.08. The summed E-state index contributed by atoms with van der Waals surface area (Å²) in [7, 11) is 1.44. The average Bonchev–Trinajstić information content (AvgIpc) is 2.38. The summed E-state index contributed by atoms with van der Waals surface area (Å²) in [5, 5.41) is 2.29. The summed E-state index contributed by atoms with van der Waals surface area (Å²) in [4.78, 5) is 32.8. The summed E-state index contributed by atoms with van der Waals surface area (Å²) < 4.78 is 5.01. The van der Waals surface area contributed by atoms with E-state index in [2.05, 4.69) is 15.3 Å². The number of imide groups is 1. The van der Waals surface area contributed by atoms with E-state index in [1.807, 2.05) is 6.92 Å². The van der Waals surface area contributed by atoms with E-state index in [1.165, 1.54) is 13.4 Å². The molecule has 0 radical (unpaired) electrons. The number of carbonyl (C=O) groups excluding carboxylic acids is 2. The fourth-order valence-electron chi connectivity index (χ4n) is 2.06. The molecule has 3 N–H and O–H groups in total. The zero-order valence-electron chi connectivity index (χ0n) is 10.7. The topological polar surface area (TPSA) is 110 Å². The van der Waals surface area contributed by atoms with Crippen molar-refractivity contribution in [1.29, 1.82) is 0 Å². The van der Waals surface area contributed by atoms with Crippen LogP contribution in [-0.2, 0) is 9.59 Å². The highest BCUT2D eigenvalue weighted by atomic mass is 16.5. The lowest BCUT2D eigenvalue weighted by Crippen LogP contribution is -2.58. The van der Waals surface area contributed by atoms with Crippen LogP contribution in [0.1, 0.15) is 13.3 Å². The van der Waals surface area contributed by atoms with E-state index in [4.69, 9.17) is 10.5 Å². The Balaban J connectivity index is 2.43. The number of carbonyl (C=O) groups is 2. The van der Waals surface area contributed by atoms with E-state index in [9.17, 15) is 9.59 Å². The Morgan fingerprint density at radius 2 is 2.26 bits per heavy atom. The van der Waals surface area contributed by atoms with E-state index in [1.54, 1.807) is 4.90 Å². The van der Waals surface area contributed by atoms with Gasteiger partial charge in [-0.05, 0) is 6.42 Å². The summed E-state index contributed by atoms with van der Waals surface area (Å²) in [6.07, 6.45) is 1.82. The molecule has 1 saturated heterocycles. The van der Waals surface area contributed by atoms with Gasteiger partial charge in [0.05, 0.1) is 13.7 Å². The SMILES string of the molecule is CCC1C(=O)NC(=O)CN1c1ncnc(OC)c1N. The maximum Gasteiger partial charge on any atom is 0.249 e. The summed E-state index contributed by atoms with van der Waals surface area (Å²) >= 11 is 0. The molecule has 0 aromatic carbocycles. The van der Waals surface area contributed by atoms with Crippen LogP contribution in [0.4, 0.5) is 11.5 Å². The number of ether oxygens (including phenoxy) is 1. The molecule has 1 atom stereocenters. The van der Waals surface area contributed by atoms with Crippen molar-refractivity contribution in [3.05, 3.63) is 6.33 Å². The Morgan fingerprint density at radius 1 is 1.53 bits per heavy atom. The van der Waals surface area contributed by atoms with Crippen molar-refractivity contribution in [3.63, 3.8) is 0 Å². The number of aromatic nitrogens is 2. The van der Waals surface area contributed by atoms with E-state index in [0.717, 1.165) is 0 Å². The van der Waals surface area contributed by atoms with Gasteiger partial charge in [-0.2, -0.15) is 4.98 Å². The van der Waals surface area contributed by atoms with Crippen LogP contribution in [0.25, 0.3) is 0 Å². The number of nitrogens with one attached hydrogen (secondary N) is 1. The lowest BCUT2D eigenvalue weighted by atomic mass is 10.1. The highest BCUT2D eigenvalue weighted by Gasteiger charge is 2.34. The molecule has 0 saturated carbocycles. The zero-order valence-corrected chi connectivity index (χ0v) is 10.7. The molecule has 1 unspecified atom stereocenters. The molecule has 1 aliphatic rings. The monoisotopic (exact) mass is 265 g/mol. The van der Waals surface area contributed by atoms with Crippen LogP contribution in [0.5, 0.6) is 5.88 Å². The first-order valence-corrected chi connectivity index (χ1v) is 5.83. The summed E-state index contributed by atoms with van der Waals surface area (Å²) in [5.74, 6) is -0.178. The number of amides is 2. The molecule has 8 heteroatoms. The highest BCUT2D eigenvalue weighted by Crippen LogP contribution is 2.30. The summed E-state index contributed by atoms with van der Waals surface area (Å²) in [5.41, 5.74) is 6.11. The summed E-state index contributed by atoms with van der Waals surface area (Å²) in [6.45, 7) is 1.87. The normalized spacial score (nSPS) is 19.3. The third-order valence-corrected chi connectivity index (χ3v) is 2.93. The predicted octanol–water partition coefficient (Wildman–Crippen LogP) is -0.691. The molecule has 1 aromatic heterocycles. The van der Waals surface area contributed by atoms with Gasteiger partial charge in [-0.1, -0.05) is 6.92 Å². The maximum atomic E-state index is 11.8. The quantitative estimate of drug-likeness (QED) is 0.696. The number of methoxy groups -OCH3 is 1. The minimum Gasteiger partial charge on any atom is -0.479 e. The van der Waals surface area contributed by atoms with Gasteiger partial charge < -0.3 is 15.4 Å². The molecular formula is C11H15N5O3. The number of hydrogen-bond acceptors (Lipinski definition) is 7. The molecule has 1 fully saturated rings. The van der Waals surface area contributed by atoms with Crippen molar-refractivity contribution in [2.24, 2.45) is 0 Å². The minimum atomic E-state index is -0.486. The fraction of sp³-hybridized carbons (Fsp3) is 0.455. The van der Waals surface area contributed by atoms with E-state index in [-0.39, 0.29) is 29.9 Å². The predicted molar refractivity (Wildman–Crippen MR) is 67.6 cm³/mol. The third kappa shape index (κ3) is 2.28. The van der Waals surface area contributed by atoms with Crippen molar-refractivity contribution in [2.45, 2.75) is 19.4 Å². The minimum absolute atomic E-state index is 0.0224. The van der Waals surface area contributed by atoms with Crippen molar-refractivity contribution in [1.82, 2.24) is 15.3 Å². The largest absolute Gasteiger partial charge is 0.479 e. The zero-order chi connectivity index (χ0) is 14.0. The number of rotatable bonds is 3. The van der Waals surface area contributed by atoms with Gasteiger partial charge in [-0.25, -0.2) is 4.98 Å². The fourth-order valence-corrected chi connectivity index (χ4v) is 2.06. The molecule has 19 heavy (non-hydrogen) atoms. The van der Waals surface area contributed by atoms with Gasteiger partial charge in [0.15, 0.2) is 5.82 Å². The molecule has 1 aromatic rings. The molecular weight excluding hydrogens is 250 g/mol. The van der Waals surface area contributed by atoms with Crippen LogP contribution in [0.3, 0.4) is 0 Å². The molecule has 0 spiro atoms. The standard InChI is InChI=1S/C11H15N5O3/c1-3-6-10(18)15-7(17)4-16(6)9-8(12)11(19-2)14-5-13-9/h5-6H,3-4,12H2,1-2H3,(H,15,17,18). The van der Waals surface area contributed by atoms with Crippen LogP contribution < -0.4 is 20.7 Å². The molecule has 0 bridgehead atoms. The van der Waals surface area contributed by atoms with Crippen molar-refractivity contribution in [2.75, 3.05) is 24.3 Å². The second-order valence-electron chi connectivity index (χ2n) is 4.08. The van der Waals surface area contributed by atoms with E-state index in [0.29, 0.717) is 12.2 Å². The average molecular weight is 265 g/mol. The van der Waals surface area contributed by atoms with E-state index < -0.39 is 6.04 Å². The second-order valence-corrected chi connectivity index (χ2v) is 4.08. The Bertz CT molecular complexity index is 519. The lowest BCUT2D eigenvalue weighted by molar-refractivity contribution is -0.132. The van der Waals surface area contributed by atoms with Gasteiger partial charge in [0.25, 0.3) is 0 Å². The number of nitrogens with two attached hydrogens (primary N) is 1. The Labute approximate surface area is 110 Å². The van der Waals surface area contributed by atoms with Crippen LogP contribution in [0.2, 0.25) is 0 Å². The van der Waals surface area contributed by atoms with Gasteiger partial charge >= 0.3 is 0 Å². The first-order valence-electron chi connectivity index (χ1n) is 5.83. The molecule has 8 nitrogen and oxygen atoms in total. The van der Waals surface area contributed by atoms with Crippen LogP contribution in [0.15, 0.2) is 6.33 Å². The number of piperazine rings is 1. The molecule has 2 rings (SSSR count). The number of nitrogens with zero attached hydrogens (tertiary/aromatic N) is 3. The molecule has 0 aliphatic carbocycles. The van der Waals surface area contributed by atoms with Crippen molar-refractivity contribution < 1.29 is 14.3 Å². The van der Waals surface area contributed by atoms with Crippen molar-refractivity contribution >= 4 is 23.3 Å². The Kier molecular flexibility index (Phi) is 3.50. The summed E-state index contributed by atoms with van der Waals surface area (Å²) in [6, 6.07) is -0.486. The molecule has 2 amide bonds. The van der Waals surface area contributed by atoms with Gasteiger partial charge in [-0.15, -0.1) is 0 Å². The van der Waals surface area contributed by atoms with Crippen LogP contribution in [0, 0.1) is 0 Å². The second kappa shape index (κ2) is 5.09. The highest BCUT2D eigenvalue weighted by molar-refractivity contribution is 6.05. The van der Waals surface area contributed by atoms with E-state index >= 15 is 0 Å². The van der Waals surface area contributed by atoms with Gasteiger partial charge in [0.2, 0.25) is 17.7 Å². The number of hydrogen-bond donors (Lipinski definition) is 2. The van der Waals surface area contributed by atoms with Crippen LogP contribution >= 0.6 is 0 Å². The van der Waals surface area contributed by atoms with Gasteiger partial charge in [0.1, 0.15) is 18.1 Å². The smallest absolute Gasteiger partial charge is 0.249 e. The third-order valence-electron chi connectivity index (χ3n) is 2.93. The molecule has 1 aliphatic heterocycles. The van der Waals surface area contributed by atoms with Gasteiger partial charge in [0, 0.05) is 0 Å². The molecule has 102 valence electrons. The Morgan fingerprint density at radius 3 is 2.89 bits per heavy atom. The van der Waals surface area contributed by atoms with Crippen LogP contribution in [-0.4, -0.2) is 41.5 Å². The Hall–Kier alpha value is -2.38. The van der Waals surface area contributed by atoms with Gasteiger partial charge in [-0.3, -0.25) is 14.9 Å². The number of nitrogen functional groups attached to an aromatic ring is 1. The maximum absolute atomic E-state index is 11.8. The first kappa shape index (κ1) is 13.1. The lowest BCUT2D eigenvalue weighted by Gasteiger charge is -2.34. The van der Waals surface area contributed by atoms with Crippen molar-refractivity contribution in [3.8, 4) is 5.88 Å². The number of anilines is 2.